The lowest BCUT2D eigenvalue weighted by molar-refractivity contribution is 0.173. The van der Waals surface area contributed by atoms with Gasteiger partial charge in [-0.2, -0.15) is 0 Å². The summed E-state index contributed by atoms with van der Waals surface area (Å²) in [6.07, 6.45) is 3.56. The molecule has 0 aliphatic carbocycles. The summed E-state index contributed by atoms with van der Waals surface area (Å²) in [5, 5.41) is 6.85. The summed E-state index contributed by atoms with van der Waals surface area (Å²) >= 11 is 0. The number of guanidine groups is 1. The molecule has 0 heterocycles. The van der Waals surface area contributed by atoms with Crippen molar-refractivity contribution in [2.45, 2.75) is 72.9 Å². The molecule has 0 saturated carbocycles. The van der Waals surface area contributed by atoms with E-state index in [9.17, 15) is 0 Å². The monoisotopic (exact) mass is 341 g/mol. The van der Waals surface area contributed by atoms with Gasteiger partial charge in [-0.1, -0.05) is 13.8 Å². The lowest BCUT2D eigenvalue weighted by Gasteiger charge is -2.30. The van der Waals surface area contributed by atoms with Gasteiger partial charge in [0.1, 0.15) is 0 Å². The third-order valence-electron chi connectivity index (χ3n) is 4.52. The molecule has 0 saturated heterocycles. The fourth-order valence-electron chi connectivity index (χ4n) is 3.01. The summed E-state index contributed by atoms with van der Waals surface area (Å²) in [6, 6.07) is 1.21. The van der Waals surface area contributed by atoms with Crippen LogP contribution in [0.25, 0.3) is 0 Å². The van der Waals surface area contributed by atoms with E-state index in [-0.39, 0.29) is 0 Å². The zero-order valence-corrected chi connectivity index (χ0v) is 17.4. The molecule has 0 radical (unpaired) electrons. The first-order valence-electron chi connectivity index (χ1n) is 9.88. The molecule has 0 aromatic carbocycles. The molecule has 0 unspecified atom stereocenters. The summed E-state index contributed by atoms with van der Waals surface area (Å²) in [6.45, 7) is 20.1. The molecule has 0 aliphatic rings. The number of hydrogen-bond donors (Lipinski definition) is 2. The highest BCUT2D eigenvalue weighted by atomic mass is 15.2. The first-order valence-corrected chi connectivity index (χ1v) is 9.88. The largest absolute Gasteiger partial charge is 0.356 e. The van der Waals surface area contributed by atoms with Crippen LogP contribution in [0.15, 0.2) is 4.99 Å². The highest BCUT2D eigenvalue weighted by Crippen LogP contribution is 2.05. The van der Waals surface area contributed by atoms with Gasteiger partial charge in [0.25, 0.3) is 0 Å². The van der Waals surface area contributed by atoms with E-state index in [1.807, 2.05) is 7.05 Å². The molecule has 24 heavy (non-hydrogen) atoms. The number of nitrogens with one attached hydrogen (secondary N) is 2. The van der Waals surface area contributed by atoms with Gasteiger partial charge in [-0.15, -0.1) is 0 Å². The molecule has 5 heteroatoms. The highest BCUT2D eigenvalue weighted by Gasteiger charge is 2.12. The van der Waals surface area contributed by atoms with Gasteiger partial charge >= 0.3 is 0 Å². The molecule has 0 aromatic rings. The van der Waals surface area contributed by atoms with E-state index in [1.54, 1.807) is 0 Å². The quantitative estimate of drug-likeness (QED) is 0.307. The predicted molar refractivity (Wildman–Crippen MR) is 108 cm³/mol. The van der Waals surface area contributed by atoms with E-state index in [1.165, 1.54) is 19.4 Å². The van der Waals surface area contributed by atoms with Gasteiger partial charge in [-0.3, -0.25) is 9.89 Å². The van der Waals surface area contributed by atoms with Gasteiger partial charge in [0, 0.05) is 38.8 Å². The van der Waals surface area contributed by atoms with Crippen LogP contribution in [-0.4, -0.2) is 74.2 Å². The van der Waals surface area contributed by atoms with Crippen LogP contribution in [0.5, 0.6) is 0 Å². The average molecular weight is 342 g/mol. The minimum atomic E-state index is 0.605. The first-order chi connectivity index (χ1) is 11.5. The molecule has 0 aromatic heterocycles. The normalized spacial score (nSPS) is 12.7. The second-order valence-corrected chi connectivity index (χ2v) is 6.94. The van der Waals surface area contributed by atoms with Crippen molar-refractivity contribution in [3.63, 3.8) is 0 Å². The summed E-state index contributed by atoms with van der Waals surface area (Å²) in [5.41, 5.74) is 0. The van der Waals surface area contributed by atoms with Crippen molar-refractivity contribution in [1.82, 2.24) is 20.4 Å². The Morgan fingerprint density at radius 1 is 0.833 bits per heavy atom. The van der Waals surface area contributed by atoms with Crippen molar-refractivity contribution >= 4 is 5.96 Å². The number of nitrogens with zero attached hydrogens (tertiary/aromatic N) is 3. The molecular weight excluding hydrogens is 298 g/mol. The Bertz CT molecular complexity index is 303. The molecule has 2 N–H and O–H groups in total. The third kappa shape index (κ3) is 10.9. The van der Waals surface area contributed by atoms with Crippen molar-refractivity contribution in [2.75, 3.05) is 46.3 Å². The van der Waals surface area contributed by atoms with Gasteiger partial charge in [-0.05, 0) is 66.6 Å². The minimum Gasteiger partial charge on any atom is -0.356 e. The standard InChI is InChI=1S/C19H43N5/c1-8-23(9-2)15-11-10-13-21-19(20-7)22-14-12-16-24(17(3)4)18(5)6/h17-18H,8-16H2,1-7H3,(H2,20,21,22). The van der Waals surface area contributed by atoms with Crippen molar-refractivity contribution in [2.24, 2.45) is 4.99 Å². The molecule has 0 atom stereocenters. The van der Waals surface area contributed by atoms with E-state index in [0.717, 1.165) is 45.1 Å². The van der Waals surface area contributed by atoms with Crippen LogP contribution in [0.1, 0.15) is 60.8 Å². The predicted octanol–water partition coefficient (Wildman–Crippen LogP) is 2.78. The first kappa shape index (κ1) is 23.2. The van der Waals surface area contributed by atoms with Crippen molar-refractivity contribution in [1.29, 1.82) is 0 Å². The SMILES string of the molecule is CCN(CC)CCCCNC(=NC)NCCCN(C(C)C)C(C)C. The maximum absolute atomic E-state index is 4.31. The van der Waals surface area contributed by atoms with Crippen LogP contribution in [0.2, 0.25) is 0 Å². The lowest BCUT2D eigenvalue weighted by atomic mass is 10.2. The second kappa shape index (κ2) is 14.5. The topological polar surface area (TPSA) is 42.9 Å². The number of hydrogen-bond acceptors (Lipinski definition) is 3. The van der Waals surface area contributed by atoms with Crippen LogP contribution in [0.3, 0.4) is 0 Å². The van der Waals surface area contributed by atoms with Crippen LogP contribution in [-0.2, 0) is 0 Å². The molecule has 0 spiro atoms. The van der Waals surface area contributed by atoms with Crippen molar-refractivity contribution < 1.29 is 0 Å². The summed E-state index contributed by atoms with van der Waals surface area (Å²) < 4.78 is 0. The summed E-state index contributed by atoms with van der Waals surface area (Å²) in [4.78, 5) is 9.32. The van der Waals surface area contributed by atoms with Crippen LogP contribution in [0, 0.1) is 0 Å². The van der Waals surface area contributed by atoms with Crippen LogP contribution < -0.4 is 10.6 Å². The van der Waals surface area contributed by atoms with E-state index < -0.39 is 0 Å². The molecule has 0 bridgehead atoms. The fourth-order valence-corrected chi connectivity index (χ4v) is 3.01. The lowest BCUT2D eigenvalue weighted by Crippen LogP contribution is -2.41. The van der Waals surface area contributed by atoms with E-state index in [4.69, 9.17) is 0 Å². The van der Waals surface area contributed by atoms with Gasteiger partial charge in [0.2, 0.25) is 0 Å². The van der Waals surface area contributed by atoms with Crippen LogP contribution >= 0.6 is 0 Å². The smallest absolute Gasteiger partial charge is 0.190 e. The number of aliphatic imine (C=N–C) groups is 1. The average Bonchev–Trinajstić information content (AvgIpc) is 2.55. The van der Waals surface area contributed by atoms with E-state index in [2.05, 4.69) is 67.0 Å². The zero-order chi connectivity index (χ0) is 18.4. The van der Waals surface area contributed by atoms with Crippen molar-refractivity contribution in [3.05, 3.63) is 0 Å². The zero-order valence-electron chi connectivity index (χ0n) is 17.4. The molecule has 0 fully saturated rings. The Kier molecular flexibility index (Phi) is 14.0. The van der Waals surface area contributed by atoms with Gasteiger partial charge in [-0.25, -0.2) is 0 Å². The Morgan fingerprint density at radius 3 is 1.83 bits per heavy atom. The van der Waals surface area contributed by atoms with E-state index in [0.29, 0.717) is 12.1 Å². The maximum Gasteiger partial charge on any atom is 0.190 e. The highest BCUT2D eigenvalue weighted by molar-refractivity contribution is 5.79. The van der Waals surface area contributed by atoms with Crippen molar-refractivity contribution in [3.8, 4) is 0 Å². The van der Waals surface area contributed by atoms with Gasteiger partial charge in [0.15, 0.2) is 5.96 Å². The fraction of sp³-hybridized carbons (Fsp3) is 0.947. The Balaban J connectivity index is 3.81. The summed E-state index contributed by atoms with van der Waals surface area (Å²) in [7, 11) is 1.85. The Labute approximate surface area is 151 Å². The molecular formula is C19H43N5. The minimum absolute atomic E-state index is 0.605. The summed E-state index contributed by atoms with van der Waals surface area (Å²) in [5.74, 6) is 0.929. The molecule has 5 nitrogen and oxygen atoms in total. The number of rotatable bonds is 13. The Morgan fingerprint density at radius 2 is 1.38 bits per heavy atom. The third-order valence-corrected chi connectivity index (χ3v) is 4.52. The van der Waals surface area contributed by atoms with E-state index >= 15 is 0 Å². The maximum atomic E-state index is 4.31. The van der Waals surface area contributed by atoms with Gasteiger partial charge in [0.05, 0.1) is 0 Å². The second-order valence-electron chi connectivity index (χ2n) is 6.94. The molecule has 0 rings (SSSR count). The molecule has 144 valence electrons. The van der Waals surface area contributed by atoms with Crippen LogP contribution in [0.4, 0.5) is 0 Å². The number of unbranched alkanes of at least 4 members (excludes halogenated alkanes) is 1. The Hall–Kier alpha value is -0.810. The van der Waals surface area contributed by atoms with Gasteiger partial charge < -0.3 is 15.5 Å². The molecule has 0 aliphatic heterocycles. The molecule has 0 amide bonds.